The van der Waals surface area contributed by atoms with Gasteiger partial charge in [0.25, 0.3) is 5.91 Å². The van der Waals surface area contributed by atoms with Crippen molar-refractivity contribution >= 4 is 35.4 Å². The van der Waals surface area contributed by atoms with Crippen LogP contribution in [-0.4, -0.2) is 162 Å². The Morgan fingerprint density at radius 2 is 0.881 bits per heavy atom. The topological polar surface area (TPSA) is 181 Å². The van der Waals surface area contributed by atoms with Gasteiger partial charge in [0.1, 0.15) is 5.60 Å². The zero-order chi connectivity index (χ0) is 42.4. The summed E-state index contributed by atoms with van der Waals surface area (Å²) in [6, 6.07) is 5.63. The van der Waals surface area contributed by atoms with Crippen LogP contribution in [0.2, 0.25) is 0 Å². The molecular formula is C41H61N5O11S2. The summed E-state index contributed by atoms with van der Waals surface area (Å²) in [5.74, 6) is -0.433. The fourth-order valence-electron chi connectivity index (χ4n) is 4.92. The van der Waals surface area contributed by atoms with Crippen molar-refractivity contribution in [3.8, 4) is 22.3 Å². The fraction of sp³-hybridized carbons (Fsp3) is 0.610. The summed E-state index contributed by atoms with van der Waals surface area (Å²) in [5, 5.41) is 4.28. The van der Waals surface area contributed by atoms with E-state index in [-0.39, 0.29) is 11.9 Å². The molecule has 18 heteroatoms. The van der Waals surface area contributed by atoms with Crippen LogP contribution in [0.15, 0.2) is 53.3 Å². The van der Waals surface area contributed by atoms with Crippen LogP contribution in [0.25, 0.3) is 22.3 Å². The van der Waals surface area contributed by atoms with Crippen molar-refractivity contribution in [3.63, 3.8) is 0 Å². The molecule has 0 atom stereocenters. The summed E-state index contributed by atoms with van der Waals surface area (Å²) in [6.45, 7) is 13.1. The predicted octanol–water partition coefficient (Wildman–Crippen LogP) is 5.03. The number of rotatable bonds is 33. The first-order chi connectivity index (χ1) is 28.7. The lowest BCUT2D eigenvalue weighted by molar-refractivity contribution is -0.155. The number of thioether (sulfide) groups is 2. The number of nitrogens with zero attached hydrogens (tertiary/aromatic N) is 4. The van der Waals surface area contributed by atoms with Gasteiger partial charge in [-0.3, -0.25) is 9.59 Å². The Morgan fingerprint density at radius 1 is 0.525 bits per heavy atom. The van der Waals surface area contributed by atoms with Crippen molar-refractivity contribution in [2.45, 2.75) is 49.5 Å². The van der Waals surface area contributed by atoms with Gasteiger partial charge in [0.05, 0.1) is 99.1 Å². The van der Waals surface area contributed by atoms with Crippen LogP contribution < -0.4 is 5.32 Å². The van der Waals surface area contributed by atoms with E-state index in [2.05, 4.69) is 25.3 Å². The van der Waals surface area contributed by atoms with Crippen LogP contribution in [-0.2, 0) is 47.4 Å². The maximum absolute atomic E-state index is 13.2. The minimum absolute atomic E-state index is 0.210. The lowest BCUT2D eigenvalue weighted by atomic mass is 9.98. The maximum atomic E-state index is 13.2. The molecule has 2 aromatic heterocycles. The summed E-state index contributed by atoms with van der Waals surface area (Å²) < 4.78 is 49.4. The third-order valence-corrected chi connectivity index (χ3v) is 8.86. The van der Waals surface area contributed by atoms with Crippen molar-refractivity contribution < 1.29 is 52.2 Å². The van der Waals surface area contributed by atoms with E-state index in [0.717, 1.165) is 22.3 Å². The Labute approximate surface area is 356 Å². The smallest absolute Gasteiger partial charge is 0.306 e. The summed E-state index contributed by atoms with van der Waals surface area (Å²) in [6.07, 6.45) is 11.8. The van der Waals surface area contributed by atoms with Gasteiger partial charge in [-0.1, -0.05) is 23.5 Å². The van der Waals surface area contributed by atoms with Crippen LogP contribution in [0.3, 0.4) is 0 Å². The zero-order valence-electron chi connectivity index (χ0n) is 35.1. The number of ether oxygens (including phenoxy) is 9. The second-order valence-electron chi connectivity index (χ2n) is 13.6. The van der Waals surface area contributed by atoms with Crippen molar-refractivity contribution in [2.75, 3.05) is 125 Å². The molecule has 1 N–H and O–H groups in total. The molecule has 0 spiro atoms. The molecule has 0 aliphatic rings. The molecule has 1 amide bonds. The van der Waals surface area contributed by atoms with Gasteiger partial charge in [0, 0.05) is 61.1 Å². The second-order valence-corrected chi connectivity index (χ2v) is 15.1. The van der Waals surface area contributed by atoms with E-state index >= 15 is 0 Å². The average Bonchev–Trinajstić information content (AvgIpc) is 3.23. The van der Waals surface area contributed by atoms with E-state index in [1.54, 1.807) is 24.8 Å². The third-order valence-electron chi connectivity index (χ3n) is 7.71. The highest BCUT2D eigenvalue weighted by Gasteiger charge is 2.16. The first kappa shape index (κ1) is 50.1. The van der Waals surface area contributed by atoms with Gasteiger partial charge in [0.2, 0.25) is 0 Å². The highest BCUT2D eigenvalue weighted by molar-refractivity contribution is 7.98. The van der Waals surface area contributed by atoms with Crippen LogP contribution in [0.4, 0.5) is 0 Å². The van der Waals surface area contributed by atoms with Crippen LogP contribution >= 0.6 is 23.5 Å². The number of carbonyl (C=O) groups excluding carboxylic acids is 2. The monoisotopic (exact) mass is 863 g/mol. The molecule has 0 saturated carbocycles. The molecule has 59 heavy (non-hydrogen) atoms. The van der Waals surface area contributed by atoms with Crippen molar-refractivity contribution in [3.05, 3.63) is 48.5 Å². The Morgan fingerprint density at radius 3 is 1.24 bits per heavy atom. The fourth-order valence-corrected chi connectivity index (χ4v) is 5.56. The number of esters is 1. The summed E-state index contributed by atoms with van der Waals surface area (Å²) in [5.41, 5.74) is 3.26. The molecule has 0 bridgehead atoms. The molecular weight excluding hydrogens is 803 g/mol. The van der Waals surface area contributed by atoms with E-state index in [0.29, 0.717) is 141 Å². The molecule has 3 rings (SSSR count). The minimum Gasteiger partial charge on any atom is -0.460 e. The summed E-state index contributed by atoms with van der Waals surface area (Å²) >= 11 is 2.93. The molecule has 2 heterocycles. The number of hydrogen-bond donors (Lipinski definition) is 1. The second kappa shape index (κ2) is 30.7. The molecule has 0 radical (unpaired) electrons. The van der Waals surface area contributed by atoms with Crippen LogP contribution in [0.1, 0.15) is 44.0 Å². The number of benzene rings is 1. The van der Waals surface area contributed by atoms with E-state index in [1.165, 1.54) is 23.5 Å². The number of carbonyl (C=O) groups is 2. The highest BCUT2D eigenvalue weighted by Crippen LogP contribution is 2.28. The van der Waals surface area contributed by atoms with Crippen molar-refractivity contribution in [1.29, 1.82) is 0 Å². The lowest BCUT2D eigenvalue weighted by Crippen LogP contribution is -2.27. The molecule has 0 unspecified atom stereocenters. The Kier molecular flexibility index (Phi) is 26.0. The molecule has 16 nitrogen and oxygen atoms in total. The standard InChI is InChI=1S/C41H61N5O11S2/c1-41(2,3)57-37(47)7-6-9-49-11-13-51-15-17-53-19-21-55-23-24-56-22-20-54-18-16-52-14-12-50-10-8-42-38(48)34-26-32(35-28-43-39(58-4)44-29-35)25-33(27-34)36-30-45-40(59-5)46-31-36/h25-31H,6-24H2,1-5H3,(H,42,48). The first-order valence-corrected chi connectivity index (χ1v) is 22.1. The molecule has 1 aromatic carbocycles. The van der Waals surface area contributed by atoms with E-state index in [9.17, 15) is 9.59 Å². The molecule has 3 aromatic rings. The maximum Gasteiger partial charge on any atom is 0.306 e. The highest BCUT2D eigenvalue weighted by atomic mass is 32.2. The van der Waals surface area contributed by atoms with Gasteiger partial charge in [-0.25, -0.2) is 19.9 Å². The summed E-state index contributed by atoms with van der Waals surface area (Å²) in [7, 11) is 0. The largest absolute Gasteiger partial charge is 0.460 e. The number of hydrogen-bond acceptors (Lipinski definition) is 17. The van der Waals surface area contributed by atoms with Crippen molar-refractivity contribution in [2.24, 2.45) is 0 Å². The Bertz CT molecular complexity index is 1520. The number of nitrogens with one attached hydrogen (secondary N) is 1. The van der Waals surface area contributed by atoms with E-state index in [4.69, 9.17) is 42.6 Å². The Balaban J connectivity index is 1.11. The van der Waals surface area contributed by atoms with E-state index < -0.39 is 5.60 Å². The van der Waals surface area contributed by atoms with Gasteiger partial charge in [-0.15, -0.1) is 0 Å². The molecule has 0 saturated heterocycles. The molecule has 328 valence electrons. The third kappa shape index (κ3) is 23.3. The molecule has 0 aliphatic carbocycles. The Hall–Kier alpha value is -3.30. The molecule has 0 fully saturated rings. The zero-order valence-corrected chi connectivity index (χ0v) is 36.7. The number of aromatic nitrogens is 4. The van der Waals surface area contributed by atoms with Gasteiger partial charge in [0.15, 0.2) is 10.3 Å². The lowest BCUT2D eigenvalue weighted by Gasteiger charge is -2.19. The SMILES string of the molecule is CSc1ncc(-c2cc(C(=O)NCCOCCOCCOCCOCCOCCOCCOCCOCCCC(=O)OC(C)(C)C)cc(-c3cnc(SC)nc3)c2)cn1. The van der Waals surface area contributed by atoms with Gasteiger partial charge >= 0.3 is 5.97 Å². The summed E-state index contributed by atoms with van der Waals surface area (Å²) in [4.78, 5) is 42.4. The van der Waals surface area contributed by atoms with Crippen LogP contribution in [0, 0.1) is 0 Å². The van der Waals surface area contributed by atoms with E-state index in [1.807, 2.05) is 51.5 Å². The van der Waals surface area contributed by atoms with Crippen LogP contribution in [0.5, 0.6) is 0 Å². The van der Waals surface area contributed by atoms with Gasteiger partial charge in [-0.2, -0.15) is 0 Å². The van der Waals surface area contributed by atoms with Gasteiger partial charge in [-0.05, 0) is 69.0 Å². The first-order valence-electron chi connectivity index (χ1n) is 19.7. The van der Waals surface area contributed by atoms with Gasteiger partial charge < -0.3 is 47.9 Å². The normalized spacial score (nSPS) is 11.5. The quantitative estimate of drug-likeness (QED) is 0.0372. The average molecular weight is 864 g/mol. The van der Waals surface area contributed by atoms with Crippen molar-refractivity contribution in [1.82, 2.24) is 25.3 Å². The number of amides is 1. The predicted molar refractivity (Wildman–Crippen MR) is 226 cm³/mol. The minimum atomic E-state index is -0.459. The molecule has 0 aliphatic heterocycles.